The Bertz CT molecular complexity index is 1310. The molecular formula is C28H34ClF3N6O5. The molecule has 3 aromatic rings. The zero-order chi connectivity index (χ0) is 32.2. The van der Waals surface area contributed by atoms with Gasteiger partial charge in [-0.2, -0.15) is 13.2 Å². The topological polar surface area (TPSA) is 188 Å². The second-order valence-corrected chi connectivity index (χ2v) is 10.4. The van der Waals surface area contributed by atoms with Crippen LogP contribution in [0.5, 0.6) is 11.5 Å². The monoisotopic (exact) mass is 626 g/mol. The molecule has 1 aromatic heterocycles. The van der Waals surface area contributed by atoms with E-state index in [0.29, 0.717) is 13.1 Å². The van der Waals surface area contributed by atoms with Crippen LogP contribution in [0.4, 0.5) is 24.8 Å². The Labute approximate surface area is 251 Å². The molecule has 0 saturated carbocycles. The number of aliphatic carboxylic acids is 1. The van der Waals surface area contributed by atoms with Crippen molar-refractivity contribution in [2.45, 2.75) is 31.9 Å². The molecule has 0 aliphatic carbocycles. The Morgan fingerprint density at radius 1 is 0.884 bits per heavy atom. The van der Waals surface area contributed by atoms with E-state index in [1.807, 2.05) is 24.3 Å². The number of carbonyl (C=O) groups excluding carboxylic acids is 2. The molecule has 0 aliphatic rings. The van der Waals surface area contributed by atoms with E-state index in [4.69, 9.17) is 33.0 Å². The van der Waals surface area contributed by atoms with Gasteiger partial charge in [-0.05, 0) is 48.2 Å². The number of likely N-dealkylation sites (N-methyl/N-ethyl adjacent to an activating group) is 1. The lowest BCUT2D eigenvalue weighted by Crippen LogP contribution is -2.50. The molecule has 3 rings (SSSR count). The SMILES string of the molecule is C[N+](CCCc1ccc(O)cc1)(CCCc1ccc(O)cc1)CCNC(=O)c1nc(Cl)c(N)nc1N.O=C([O-])C(F)(F)F. The van der Waals surface area contributed by atoms with Crippen molar-refractivity contribution in [2.75, 3.05) is 44.7 Å². The number of hydrogen-bond donors (Lipinski definition) is 5. The van der Waals surface area contributed by atoms with E-state index in [1.165, 1.54) is 11.1 Å². The van der Waals surface area contributed by atoms with Crippen LogP contribution >= 0.6 is 11.6 Å². The average Bonchev–Trinajstić information content (AvgIpc) is 2.93. The molecule has 0 radical (unpaired) electrons. The number of amides is 1. The van der Waals surface area contributed by atoms with E-state index in [2.05, 4.69) is 22.3 Å². The number of aryl methyl sites for hydroxylation is 2. The highest BCUT2D eigenvalue weighted by Crippen LogP contribution is 2.18. The van der Waals surface area contributed by atoms with E-state index in [9.17, 15) is 28.2 Å². The van der Waals surface area contributed by atoms with E-state index >= 15 is 0 Å². The van der Waals surface area contributed by atoms with Gasteiger partial charge in [0, 0.05) is 12.8 Å². The summed E-state index contributed by atoms with van der Waals surface area (Å²) in [5.74, 6) is -3.00. The molecule has 7 N–H and O–H groups in total. The lowest BCUT2D eigenvalue weighted by Gasteiger charge is -2.35. The number of benzene rings is 2. The van der Waals surface area contributed by atoms with Crippen molar-refractivity contribution < 1.29 is 42.6 Å². The largest absolute Gasteiger partial charge is 0.542 e. The molecule has 1 amide bonds. The van der Waals surface area contributed by atoms with Gasteiger partial charge in [0.2, 0.25) is 0 Å². The highest BCUT2D eigenvalue weighted by molar-refractivity contribution is 6.31. The third kappa shape index (κ3) is 12.2. The van der Waals surface area contributed by atoms with E-state index in [0.717, 1.165) is 43.3 Å². The summed E-state index contributed by atoms with van der Waals surface area (Å²) in [6.45, 7) is 2.98. The van der Waals surface area contributed by atoms with Crippen molar-refractivity contribution in [1.82, 2.24) is 15.3 Å². The van der Waals surface area contributed by atoms with E-state index in [1.54, 1.807) is 24.3 Å². The lowest BCUT2D eigenvalue weighted by molar-refractivity contribution is -0.908. The number of aromatic hydroxyl groups is 2. The number of nitrogens with one attached hydrogen (secondary N) is 1. The first-order chi connectivity index (χ1) is 20.1. The van der Waals surface area contributed by atoms with Crippen molar-refractivity contribution >= 4 is 35.1 Å². The fraction of sp³-hybridized carbons (Fsp3) is 0.357. The van der Waals surface area contributed by atoms with Gasteiger partial charge in [0.1, 0.15) is 17.5 Å². The molecule has 43 heavy (non-hydrogen) atoms. The van der Waals surface area contributed by atoms with Crippen LogP contribution in [0.2, 0.25) is 5.15 Å². The standard InChI is InChI=1S/C26H33ClN6O3.C2HF3O2/c1-33(15-2-4-18-6-10-20(34)11-7-18,16-3-5-19-8-12-21(35)13-9-19)17-14-30-26(36)22-24(28)32-25(29)23(27)31-22;3-2(4,5)1(6)7/h6-13H,2-5,14-17H2,1H3,(H6-,28,29,30,32,34,35,36);(H,6,7). The summed E-state index contributed by atoms with van der Waals surface area (Å²) in [6.07, 6.45) is -1.48. The maximum Gasteiger partial charge on any atom is 0.430 e. The summed E-state index contributed by atoms with van der Waals surface area (Å²) < 4.78 is 32.3. The molecule has 2 aromatic carbocycles. The Morgan fingerprint density at radius 2 is 1.33 bits per heavy atom. The molecule has 0 bridgehead atoms. The minimum absolute atomic E-state index is 0.0165. The van der Waals surface area contributed by atoms with Crippen LogP contribution in [-0.2, 0) is 17.6 Å². The number of hydrogen-bond acceptors (Lipinski definition) is 9. The van der Waals surface area contributed by atoms with Crippen molar-refractivity contribution in [3.8, 4) is 11.5 Å². The number of carboxylic acid groups (broad SMARTS) is 1. The molecule has 0 fully saturated rings. The minimum Gasteiger partial charge on any atom is -0.542 e. The summed E-state index contributed by atoms with van der Waals surface area (Å²) in [6, 6.07) is 14.6. The van der Waals surface area contributed by atoms with Crippen LogP contribution in [0.3, 0.4) is 0 Å². The number of phenols is 2. The first-order valence-corrected chi connectivity index (χ1v) is 13.5. The predicted molar refractivity (Wildman–Crippen MR) is 153 cm³/mol. The van der Waals surface area contributed by atoms with Crippen molar-refractivity contribution in [3.63, 3.8) is 0 Å². The molecule has 15 heteroatoms. The summed E-state index contributed by atoms with van der Waals surface area (Å²) in [4.78, 5) is 29.2. The zero-order valence-electron chi connectivity index (χ0n) is 23.4. The van der Waals surface area contributed by atoms with Crippen molar-refractivity contribution in [2.24, 2.45) is 0 Å². The second-order valence-electron chi connectivity index (χ2n) is 10.0. The van der Waals surface area contributed by atoms with Gasteiger partial charge in [0.05, 0.1) is 33.2 Å². The van der Waals surface area contributed by atoms with Crippen molar-refractivity contribution in [3.05, 3.63) is 70.5 Å². The number of halogens is 4. The van der Waals surface area contributed by atoms with Gasteiger partial charge in [0.25, 0.3) is 5.91 Å². The highest BCUT2D eigenvalue weighted by Gasteiger charge is 2.29. The zero-order valence-corrected chi connectivity index (χ0v) is 24.2. The van der Waals surface area contributed by atoms with Crippen LogP contribution in [0.25, 0.3) is 0 Å². The first-order valence-electron chi connectivity index (χ1n) is 13.1. The van der Waals surface area contributed by atoms with Crippen LogP contribution < -0.4 is 21.9 Å². The molecule has 11 nitrogen and oxygen atoms in total. The fourth-order valence-electron chi connectivity index (χ4n) is 4.12. The number of quaternary nitrogens is 1. The number of alkyl halides is 3. The van der Waals surface area contributed by atoms with Crippen LogP contribution in [0.1, 0.15) is 34.5 Å². The number of aromatic nitrogens is 2. The second kappa shape index (κ2) is 15.8. The number of anilines is 2. The van der Waals surface area contributed by atoms with Gasteiger partial charge in [-0.25, -0.2) is 9.97 Å². The molecule has 0 unspecified atom stereocenters. The Kier molecular flexibility index (Phi) is 12.8. The summed E-state index contributed by atoms with van der Waals surface area (Å²) in [5, 5.41) is 30.6. The normalized spacial score (nSPS) is 11.4. The quantitative estimate of drug-likeness (QED) is 0.188. The molecule has 0 aliphatic heterocycles. The first kappa shape index (κ1) is 34.9. The van der Waals surface area contributed by atoms with Gasteiger partial charge in [-0.15, -0.1) is 0 Å². The molecule has 234 valence electrons. The van der Waals surface area contributed by atoms with E-state index in [-0.39, 0.29) is 34.0 Å². The predicted octanol–water partition coefficient (Wildman–Crippen LogP) is 2.45. The Balaban J connectivity index is 0.000000821. The van der Waals surface area contributed by atoms with Crippen molar-refractivity contribution in [1.29, 1.82) is 0 Å². The van der Waals surface area contributed by atoms with Gasteiger partial charge >= 0.3 is 6.18 Å². The molecule has 0 spiro atoms. The lowest BCUT2D eigenvalue weighted by atomic mass is 10.1. The van der Waals surface area contributed by atoms with Gasteiger partial charge in [0.15, 0.2) is 22.5 Å². The third-order valence-electron chi connectivity index (χ3n) is 6.49. The van der Waals surface area contributed by atoms with Crippen LogP contribution in [-0.4, -0.2) is 75.9 Å². The van der Waals surface area contributed by atoms with Gasteiger partial charge in [-0.1, -0.05) is 35.9 Å². The van der Waals surface area contributed by atoms with Gasteiger partial charge < -0.3 is 41.4 Å². The van der Waals surface area contributed by atoms with Crippen LogP contribution in [0, 0.1) is 0 Å². The average molecular weight is 627 g/mol. The van der Waals surface area contributed by atoms with E-state index < -0.39 is 18.1 Å². The number of nitrogens with two attached hydrogens (primary N) is 2. The highest BCUT2D eigenvalue weighted by atomic mass is 35.5. The third-order valence-corrected chi connectivity index (χ3v) is 6.77. The maximum absolute atomic E-state index is 12.6. The van der Waals surface area contributed by atoms with Crippen LogP contribution in [0.15, 0.2) is 48.5 Å². The molecular weight excluding hydrogens is 593 g/mol. The number of phenolic OH excluding ortho intramolecular Hbond substituents is 2. The number of nitrogens with zero attached hydrogens (tertiary/aromatic N) is 3. The molecule has 0 atom stereocenters. The molecule has 0 saturated heterocycles. The Hall–Kier alpha value is -4.30. The maximum atomic E-state index is 12.6. The molecule has 1 heterocycles. The minimum atomic E-state index is -5.19. The summed E-state index contributed by atoms with van der Waals surface area (Å²) in [5.41, 5.74) is 13.7. The number of carboxylic acids is 1. The number of nitrogen functional groups attached to an aromatic ring is 2. The smallest absolute Gasteiger partial charge is 0.430 e. The fourth-order valence-corrected chi connectivity index (χ4v) is 4.25. The number of carbonyl (C=O) groups is 2. The summed E-state index contributed by atoms with van der Waals surface area (Å²) >= 11 is 5.90. The number of rotatable bonds is 12. The summed E-state index contributed by atoms with van der Waals surface area (Å²) in [7, 11) is 2.19. The Morgan fingerprint density at radius 3 is 1.74 bits per heavy atom. The van der Waals surface area contributed by atoms with Gasteiger partial charge in [-0.3, -0.25) is 4.79 Å².